The van der Waals surface area contributed by atoms with Gasteiger partial charge in [-0.2, -0.15) is 0 Å². The molecule has 10 heteroatoms. The Balaban J connectivity index is 1.83. The molecule has 2 saturated heterocycles. The first-order chi connectivity index (χ1) is 13.4. The van der Waals surface area contributed by atoms with Crippen molar-refractivity contribution in [3.05, 3.63) is 41.1 Å². The smallest absolute Gasteiger partial charge is 0.270 e. The van der Waals surface area contributed by atoms with Gasteiger partial charge in [0.1, 0.15) is 23.5 Å². The summed E-state index contributed by atoms with van der Waals surface area (Å²) in [4.78, 5) is 46.9. The van der Waals surface area contributed by atoms with Crippen LogP contribution < -0.4 is 10.6 Å². The number of anilines is 1. The summed E-state index contributed by atoms with van der Waals surface area (Å²) in [6.07, 6.45) is 6.05. The molecule has 0 unspecified atom stereocenters. The maximum Gasteiger partial charge on any atom is 0.270 e. The fraction of sp³-hybridized carbons (Fsp3) is 0.389. The van der Waals surface area contributed by atoms with E-state index in [4.69, 9.17) is 11.6 Å². The Labute approximate surface area is 167 Å². The number of aromatic nitrogens is 2. The maximum atomic E-state index is 12.6. The van der Waals surface area contributed by atoms with Gasteiger partial charge >= 0.3 is 0 Å². The zero-order valence-electron chi connectivity index (χ0n) is 15.6. The predicted molar refractivity (Wildman–Crippen MR) is 103 cm³/mol. The summed E-state index contributed by atoms with van der Waals surface area (Å²) in [5, 5.41) is 5.96. The molecule has 3 rings (SSSR count). The maximum absolute atomic E-state index is 12.6. The lowest BCUT2D eigenvalue weighted by atomic mass is 9.96. The molecule has 2 N–H and O–H groups in total. The highest BCUT2D eigenvalue weighted by atomic mass is 35.5. The molecule has 2 aliphatic rings. The third-order valence-electron chi connectivity index (χ3n) is 5.06. The predicted octanol–water partition coefficient (Wildman–Crippen LogP) is 0.822. The van der Waals surface area contributed by atoms with Crippen molar-refractivity contribution >= 4 is 35.5 Å². The molecule has 0 atom stereocenters. The zero-order chi connectivity index (χ0) is 20.3. The van der Waals surface area contributed by atoms with Crippen molar-refractivity contribution in [2.45, 2.75) is 25.4 Å². The van der Waals surface area contributed by atoms with Gasteiger partial charge in [0, 0.05) is 46.1 Å². The van der Waals surface area contributed by atoms with Crippen molar-refractivity contribution in [3.63, 3.8) is 0 Å². The number of hydrogen-bond acceptors (Lipinski definition) is 7. The Bertz CT molecular complexity index is 846. The van der Waals surface area contributed by atoms with Gasteiger partial charge in [0.15, 0.2) is 6.29 Å². The lowest BCUT2D eigenvalue weighted by Gasteiger charge is -2.43. The monoisotopic (exact) mass is 404 g/mol. The minimum atomic E-state index is -0.590. The van der Waals surface area contributed by atoms with Crippen molar-refractivity contribution in [3.8, 4) is 0 Å². The number of aldehydes is 1. The SMILES string of the molecule is CC(=O)N1CCC2(CC1)NC(=O)/C(=C(Cl)/C=C(\C=O)Nc1ccncn1)N2C. The van der Waals surface area contributed by atoms with Crippen LogP contribution in [-0.2, 0) is 14.4 Å². The van der Waals surface area contributed by atoms with E-state index in [1.807, 2.05) is 0 Å². The number of rotatable bonds is 4. The second-order valence-electron chi connectivity index (χ2n) is 6.68. The van der Waals surface area contributed by atoms with Crippen LogP contribution in [0.5, 0.6) is 0 Å². The van der Waals surface area contributed by atoms with Gasteiger partial charge in [0.25, 0.3) is 5.91 Å². The van der Waals surface area contributed by atoms with Gasteiger partial charge in [-0.3, -0.25) is 14.4 Å². The molecule has 0 aliphatic carbocycles. The molecule has 1 aromatic rings. The summed E-state index contributed by atoms with van der Waals surface area (Å²) in [6, 6.07) is 1.60. The zero-order valence-corrected chi connectivity index (χ0v) is 16.4. The van der Waals surface area contributed by atoms with E-state index in [2.05, 4.69) is 20.6 Å². The molecular weight excluding hydrogens is 384 g/mol. The third-order valence-corrected chi connectivity index (χ3v) is 5.35. The summed E-state index contributed by atoms with van der Waals surface area (Å²) >= 11 is 6.40. The van der Waals surface area contributed by atoms with Gasteiger partial charge in [-0.25, -0.2) is 9.97 Å². The third kappa shape index (κ3) is 3.84. The van der Waals surface area contributed by atoms with E-state index in [0.717, 1.165) is 0 Å². The van der Waals surface area contributed by atoms with E-state index in [-0.39, 0.29) is 28.2 Å². The Kier molecular flexibility index (Phi) is 5.64. The van der Waals surface area contributed by atoms with Crippen LogP contribution in [0.4, 0.5) is 5.82 Å². The van der Waals surface area contributed by atoms with Crippen LogP contribution in [0.25, 0.3) is 0 Å². The van der Waals surface area contributed by atoms with E-state index in [9.17, 15) is 14.4 Å². The first-order valence-corrected chi connectivity index (χ1v) is 9.15. The molecular formula is C18H21ClN6O3. The largest absolute Gasteiger partial charge is 0.346 e. The molecule has 9 nitrogen and oxygen atoms in total. The van der Waals surface area contributed by atoms with Crippen molar-refractivity contribution in [1.82, 2.24) is 25.1 Å². The van der Waals surface area contributed by atoms with Crippen LogP contribution in [-0.4, -0.2) is 63.7 Å². The van der Waals surface area contributed by atoms with E-state index in [1.165, 1.54) is 25.5 Å². The van der Waals surface area contributed by atoms with Crippen LogP contribution >= 0.6 is 11.6 Å². The number of nitrogens with one attached hydrogen (secondary N) is 2. The Morgan fingerprint density at radius 1 is 1.39 bits per heavy atom. The van der Waals surface area contributed by atoms with Crippen LogP contribution in [0.1, 0.15) is 19.8 Å². The normalized spacial score (nSPS) is 20.8. The number of amides is 2. The summed E-state index contributed by atoms with van der Waals surface area (Å²) in [5.41, 5.74) is -0.153. The highest BCUT2D eigenvalue weighted by Gasteiger charge is 2.48. The first kappa shape index (κ1) is 19.8. The molecule has 2 fully saturated rings. The van der Waals surface area contributed by atoms with Gasteiger partial charge in [-0.15, -0.1) is 0 Å². The number of likely N-dealkylation sites (tertiary alicyclic amines) is 1. The quantitative estimate of drug-likeness (QED) is 0.565. The number of carbonyl (C=O) groups is 3. The molecule has 0 aromatic carbocycles. The molecule has 1 spiro atoms. The fourth-order valence-electron chi connectivity index (χ4n) is 3.46. The molecule has 1 aromatic heterocycles. The average molecular weight is 405 g/mol. The fourth-order valence-corrected chi connectivity index (χ4v) is 3.79. The average Bonchev–Trinajstić information content (AvgIpc) is 2.92. The van der Waals surface area contributed by atoms with Gasteiger partial charge < -0.3 is 20.4 Å². The van der Waals surface area contributed by atoms with Crippen LogP contribution in [0.15, 0.2) is 41.1 Å². The molecule has 2 amide bonds. The van der Waals surface area contributed by atoms with E-state index < -0.39 is 5.66 Å². The number of nitrogens with zero attached hydrogens (tertiary/aromatic N) is 4. The molecule has 2 aliphatic heterocycles. The molecule has 28 heavy (non-hydrogen) atoms. The molecule has 0 bridgehead atoms. The van der Waals surface area contributed by atoms with Gasteiger partial charge in [-0.1, -0.05) is 11.6 Å². The Morgan fingerprint density at radius 3 is 2.68 bits per heavy atom. The van der Waals surface area contributed by atoms with Crippen LogP contribution in [0, 0.1) is 0 Å². The van der Waals surface area contributed by atoms with Crippen LogP contribution in [0.2, 0.25) is 0 Å². The number of likely N-dealkylation sites (N-methyl/N-ethyl adjacent to an activating group) is 1. The molecule has 0 radical (unpaired) electrons. The second kappa shape index (κ2) is 7.97. The summed E-state index contributed by atoms with van der Waals surface area (Å²) < 4.78 is 0. The minimum absolute atomic E-state index is 0.0185. The highest BCUT2D eigenvalue weighted by Crippen LogP contribution is 2.35. The number of carbonyl (C=O) groups excluding carboxylic acids is 3. The van der Waals surface area contributed by atoms with Crippen molar-refractivity contribution < 1.29 is 14.4 Å². The summed E-state index contributed by atoms with van der Waals surface area (Å²) in [5.74, 6) is 0.136. The standard InChI is InChI=1S/C18H21ClN6O3/c1-12(27)25-7-4-18(5-8-25)23-17(28)16(24(18)2)14(19)9-13(10-26)22-15-3-6-20-11-21-15/h3,6,9-11H,4-5,7-8H2,1-2H3,(H,23,28)(H,20,21,22)/b13-9+,16-14+. The summed E-state index contributed by atoms with van der Waals surface area (Å²) in [6.45, 7) is 2.64. The van der Waals surface area contributed by atoms with Crippen molar-refractivity contribution in [2.24, 2.45) is 0 Å². The minimum Gasteiger partial charge on any atom is -0.346 e. The van der Waals surface area contributed by atoms with Crippen LogP contribution in [0.3, 0.4) is 0 Å². The van der Waals surface area contributed by atoms with Gasteiger partial charge in [0.2, 0.25) is 5.91 Å². The van der Waals surface area contributed by atoms with Crippen molar-refractivity contribution in [1.29, 1.82) is 0 Å². The topological polar surface area (TPSA) is 108 Å². The van der Waals surface area contributed by atoms with E-state index in [0.29, 0.717) is 38.0 Å². The number of halogens is 1. The lowest BCUT2D eigenvalue weighted by Crippen LogP contribution is -2.57. The number of hydrogen-bond donors (Lipinski definition) is 2. The van der Waals surface area contributed by atoms with Gasteiger partial charge in [-0.05, 0) is 12.1 Å². The second-order valence-corrected chi connectivity index (χ2v) is 7.09. The number of piperidine rings is 1. The Hall–Kier alpha value is -2.94. The highest BCUT2D eigenvalue weighted by molar-refractivity contribution is 6.33. The van der Waals surface area contributed by atoms with E-state index >= 15 is 0 Å². The van der Waals surface area contributed by atoms with E-state index in [1.54, 1.807) is 22.9 Å². The molecule has 148 valence electrons. The summed E-state index contributed by atoms with van der Waals surface area (Å²) in [7, 11) is 1.78. The molecule has 0 saturated carbocycles. The molecule has 3 heterocycles. The Morgan fingerprint density at radius 2 is 2.11 bits per heavy atom. The van der Waals surface area contributed by atoms with Crippen molar-refractivity contribution in [2.75, 3.05) is 25.5 Å². The van der Waals surface area contributed by atoms with Gasteiger partial charge in [0.05, 0.1) is 10.7 Å². The first-order valence-electron chi connectivity index (χ1n) is 8.78. The lowest BCUT2D eigenvalue weighted by molar-refractivity contribution is -0.131. The number of allylic oxidation sites excluding steroid dienone is 3.